The summed E-state index contributed by atoms with van der Waals surface area (Å²) < 4.78 is 17.6. The first-order valence-electron chi connectivity index (χ1n) is 4.62. The molecule has 0 aliphatic heterocycles. The van der Waals surface area contributed by atoms with Gasteiger partial charge in [0.15, 0.2) is 0 Å². The number of carbonyl (C=O) groups is 1. The molecule has 0 heterocycles. The summed E-state index contributed by atoms with van der Waals surface area (Å²) in [5.41, 5.74) is -0.371. The molecule has 0 aromatic heterocycles. The normalized spacial score (nSPS) is 10.9. The number of benzene rings is 1. The maximum atomic E-state index is 12.7. The second-order valence-electron chi connectivity index (χ2n) is 4.22. The van der Waals surface area contributed by atoms with Gasteiger partial charge in [-0.2, -0.15) is 0 Å². The maximum absolute atomic E-state index is 12.7. The van der Waals surface area contributed by atoms with Crippen molar-refractivity contribution in [2.75, 3.05) is 0 Å². The summed E-state index contributed by atoms with van der Waals surface area (Å²) in [7, 11) is 0. The number of hydrogen-bond donors (Lipinski definition) is 1. The molecule has 1 aromatic carbocycles. The third-order valence-electron chi connectivity index (χ3n) is 1.48. The van der Waals surface area contributed by atoms with E-state index in [-0.39, 0.29) is 11.3 Å². The van der Waals surface area contributed by atoms with E-state index in [1.165, 1.54) is 18.2 Å². The number of amides is 1. The molecule has 0 saturated heterocycles. The molecule has 15 heavy (non-hydrogen) atoms. The van der Waals surface area contributed by atoms with E-state index in [9.17, 15) is 9.18 Å². The SMILES string of the molecule is CC(C)(C)NC(=O)Oc1cccc(F)c1. The van der Waals surface area contributed by atoms with Crippen LogP contribution in [-0.4, -0.2) is 11.6 Å². The van der Waals surface area contributed by atoms with E-state index in [0.29, 0.717) is 0 Å². The van der Waals surface area contributed by atoms with Crippen LogP contribution in [0.3, 0.4) is 0 Å². The lowest BCUT2D eigenvalue weighted by Crippen LogP contribution is -2.42. The summed E-state index contributed by atoms with van der Waals surface area (Å²) in [5.74, 6) is -0.243. The Hall–Kier alpha value is -1.58. The summed E-state index contributed by atoms with van der Waals surface area (Å²) in [5, 5.41) is 2.60. The van der Waals surface area contributed by atoms with Gasteiger partial charge in [0.25, 0.3) is 0 Å². The summed E-state index contributed by atoms with van der Waals surface area (Å²) in [4.78, 5) is 11.3. The minimum atomic E-state index is -0.590. The Morgan fingerprint density at radius 2 is 2.07 bits per heavy atom. The first-order valence-corrected chi connectivity index (χ1v) is 4.62. The van der Waals surface area contributed by atoms with Gasteiger partial charge in [-0.25, -0.2) is 9.18 Å². The largest absolute Gasteiger partial charge is 0.413 e. The van der Waals surface area contributed by atoms with E-state index >= 15 is 0 Å². The zero-order valence-corrected chi connectivity index (χ0v) is 9.00. The third-order valence-corrected chi connectivity index (χ3v) is 1.48. The summed E-state index contributed by atoms with van der Waals surface area (Å²) in [6, 6.07) is 5.44. The molecular weight excluding hydrogens is 197 g/mol. The number of carbonyl (C=O) groups excluding carboxylic acids is 1. The molecule has 0 bridgehead atoms. The third kappa shape index (κ3) is 4.44. The van der Waals surface area contributed by atoms with Crippen molar-refractivity contribution in [2.45, 2.75) is 26.3 Å². The fraction of sp³-hybridized carbons (Fsp3) is 0.364. The summed E-state index contributed by atoms with van der Waals surface area (Å²) >= 11 is 0. The van der Waals surface area contributed by atoms with Gasteiger partial charge < -0.3 is 10.1 Å². The number of rotatable bonds is 1. The highest BCUT2D eigenvalue weighted by atomic mass is 19.1. The van der Waals surface area contributed by atoms with Gasteiger partial charge in [-0.15, -0.1) is 0 Å². The van der Waals surface area contributed by atoms with E-state index < -0.39 is 11.9 Å². The van der Waals surface area contributed by atoms with Crippen LogP contribution in [0.15, 0.2) is 24.3 Å². The summed E-state index contributed by atoms with van der Waals surface area (Å²) in [6.07, 6.45) is -0.590. The molecule has 0 aliphatic carbocycles. The molecule has 0 saturated carbocycles. The molecular formula is C11H14FNO2. The molecule has 1 aromatic rings. The van der Waals surface area contributed by atoms with E-state index in [2.05, 4.69) is 5.32 Å². The van der Waals surface area contributed by atoms with Gasteiger partial charge in [0.2, 0.25) is 0 Å². The Bertz CT molecular complexity index is 358. The highest BCUT2D eigenvalue weighted by molar-refractivity contribution is 5.71. The van der Waals surface area contributed by atoms with Gasteiger partial charge in [0, 0.05) is 11.6 Å². The van der Waals surface area contributed by atoms with E-state index in [4.69, 9.17) is 4.74 Å². The number of hydrogen-bond acceptors (Lipinski definition) is 2. The van der Waals surface area contributed by atoms with Gasteiger partial charge in [-0.1, -0.05) is 6.07 Å². The Morgan fingerprint density at radius 1 is 1.40 bits per heavy atom. The maximum Gasteiger partial charge on any atom is 0.413 e. The summed E-state index contributed by atoms with van der Waals surface area (Å²) in [6.45, 7) is 5.50. The minimum Gasteiger partial charge on any atom is -0.410 e. The van der Waals surface area contributed by atoms with Crippen LogP contribution in [0.1, 0.15) is 20.8 Å². The molecule has 0 fully saturated rings. The highest BCUT2D eigenvalue weighted by Gasteiger charge is 2.15. The molecule has 1 amide bonds. The van der Waals surface area contributed by atoms with Crippen LogP contribution < -0.4 is 10.1 Å². The zero-order chi connectivity index (χ0) is 11.5. The average molecular weight is 211 g/mol. The molecule has 4 heteroatoms. The second-order valence-corrected chi connectivity index (χ2v) is 4.22. The standard InChI is InChI=1S/C11H14FNO2/c1-11(2,3)13-10(14)15-9-6-4-5-8(12)7-9/h4-7H,1-3H3,(H,13,14). The van der Waals surface area contributed by atoms with Crippen LogP contribution in [-0.2, 0) is 0 Å². The van der Waals surface area contributed by atoms with Crippen LogP contribution in [0, 0.1) is 5.82 Å². The van der Waals surface area contributed by atoms with Crippen molar-refractivity contribution < 1.29 is 13.9 Å². The Labute approximate surface area is 88.2 Å². The lowest BCUT2D eigenvalue weighted by molar-refractivity contribution is 0.190. The predicted octanol–water partition coefficient (Wildman–Crippen LogP) is 2.71. The van der Waals surface area contributed by atoms with Crippen LogP contribution in [0.2, 0.25) is 0 Å². The lowest BCUT2D eigenvalue weighted by Gasteiger charge is -2.19. The number of ether oxygens (including phenoxy) is 1. The van der Waals surface area contributed by atoms with Crippen LogP contribution in [0.5, 0.6) is 5.75 Å². The smallest absolute Gasteiger partial charge is 0.410 e. The fourth-order valence-corrected chi connectivity index (χ4v) is 0.969. The van der Waals surface area contributed by atoms with Gasteiger partial charge >= 0.3 is 6.09 Å². The monoisotopic (exact) mass is 211 g/mol. The molecule has 3 nitrogen and oxygen atoms in total. The Balaban J connectivity index is 2.59. The van der Waals surface area contributed by atoms with Crippen molar-refractivity contribution in [2.24, 2.45) is 0 Å². The molecule has 1 rings (SSSR count). The molecule has 0 radical (unpaired) electrons. The minimum absolute atomic E-state index is 0.191. The van der Waals surface area contributed by atoms with Crippen molar-refractivity contribution in [1.82, 2.24) is 5.32 Å². The van der Waals surface area contributed by atoms with Crippen molar-refractivity contribution in [3.05, 3.63) is 30.1 Å². The first-order chi connectivity index (χ1) is 6.87. The van der Waals surface area contributed by atoms with Crippen molar-refractivity contribution >= 4 is 6.09 Å². The molecule has 1 N–H and O–H groups in total. The fourth-order valence-electron chi connectivity index (χ4n) is 0.969. The molecule has 82 valence electrons. The van der Waals surface area contributed by atoms with Gasteiger partial charge in [0.1, 0.15) is 11.6 Å². The zero-order valence-electron chi connectivity index (χ0n) is 9.00. The second kappa shape index (κ2) is 4.29. The Morgan fingerprint density at radius 3 is 2.60 bits per heavy atom. The topological polar surface area (TPSA) is 38.3 Å². The average Bonchev–Trinajstić information content (AvgIpc) is 1.99. The molecule has 0 aliphatic rings. The number of nitrogens with one attached hydrogen (secondary N) is 1. The van der Waals surface area contributed by atoms with E-state index in [1.54, 1.807) is 0 Å². The van der Waals surface area contributed by atoms with Crippen LogP contribution >= 0.6 is 0 Å². The van der Waals surface area contributed by atoms with Crippen LogP contribution in [0.4, 0.5) is 9.18 Å². The Kier molecular flexibility index (Phi) is 3.29. The van der Waals surface area contributed by atoms with E-state index in [1.807, 2.05) is 20.8 Å². The van der Waals surface area contributed by atoms with Crippen LogP contribution in [0.25, 0.3) is 0 Å². The molecule has 0 unspecified atom stereocenters. The first kappa shape index (κ1) is 11.5. The van der Waals surface area contributed by atoms with Gasteiger partial charge in [0.05, 0.1) is 0 Å². The van der Waals surface area contributed by atoms with Crippen molar-refractivity contribution in [3.8, 4) is 5.75 Å². The van der Waals surface area contributed by atoms with E-state index in [0.717, 1.165) is 6.07 Å². The van der Waals surface area contributed by atoms with Crippen molar-refractivity contribution in [1.29, 1.82) is 0 Å². The lowest BCUT2D eigenvalue weighted by atomic mass is 10.1. The molecule has 0 atom stereocenters. The highest BCUT2D eigenvalue weighted by Crippen LogP contribution is 2.12. The molecule has 0 spiro atoms. The van der Waals surface area contributed by atoms with Gasteiger partial charge in [-0.05, 0) is 32.9 Å². The predicted molar refractivity (Wildman–Crippen MR) is 55.3 cm³/mol. The van der Waals surface area contributed by atoms with Crippen molar-refractivity contribution in [3.63, 3.8) is 0 Å². The van der Waals surface area contributed by atoms with Gasteiger partial charge in [-0.3, -0.25) is 0 Å². The number of halogens is 1. The quantitative estimate of drug-likeness (QED) is 0.775.